The topological polar surface area (TPSA) is 49.8 Å². The van der Waals surface area contributed by atoms with Gasteiger partial charge in [0.2, 0.25) is 0 Å². The summed E-state index contributed by atoms with van der Waals surface area (Å²) in [7, 11) is 0. The van der Waals surface area contributed by atoms with Gasteiger partial charge in [-0.25, -0.2) is 8.78 Å². The molecule has 0 aliphatic heterocycles. The summed E-state index contributed by atoms with van der Waals surface area (Å²) in [5, 5.41) is 8.77. The summed E-state index contributed by atoms with van der Waals surface area (Å²) in [6.07, 6.45) is -0.343. The lowest BCUT2D eigenvalue weighted by atomic mass is 9.97. The van der Waals surface area contributed by atoms with Gasteiger partial charge < -0.3 is 5.73 Å². The third-order valence-corrected chi connectivity index (χ3v) is 2.36. The van der Waals surface area contributed by atoms with Crippen LogP contribution in [-0.2, 0) is 5.92 Å². The lowest BCUT2D eigenvalue weighted by Crippen LogP contribution is -2.14. The molecule has 0 aliphatic rings. The third kappa shape index (κ3) is 2.07. The van der Waals surface area contributed by atoms with Gasteiger partial charge in [0, 0.05) is 17.7 Å². The average Bonchev–Trinajstić information content (AvgIpc) is 2.21. The molecule has 0 bridgehead atoms. The first kappa shape index (κ1) is 11.4. The van der Waals surface area contributed by atoms with E-state index < -0.39 is 5.92 Å². The minimum absolute atomic E-state index is 0.00597. The molecular formula is C11H12F2N2. The molecule has 0 radical (unpaired) electrons. The van der Waals surface area contributed by atoms with Crippen LogP contribution in [0.3, 0.4) is 0 Å². The Balaban J connectivity index is 3.42. The molecule has 0 spiro atoms. The molecule has 80 valence electrons. The zero-order valence-electron chi connectivity index (χ0n) is 8.64. The number of hydrogen-bond donors (Lipinski definition) is 1. The maximum Gasteiger partial charge on any atom is 0.274 e. The van der Waals surface area contributed by atoms with E-state index in [1.54, 1.807) is 13.0 Å². The van der Waals surface area contributed by atoms with Crippen LogP contribution in [0.15, 0.2) is 12.1 Å². The van der Waals surface area contributed by atoms with Gasteiger partial charge in [-0.15, -0.1) is 0 Å². The lowest BCUT2D eigenvalue weighted by Gasteiger charge is -2.17. The first-order chi connectivity index (χ1) is 6.92. The summed E-state index contributed by atoms with van der Waals surface area (Å²) in [5.41, 5.74) is 6.19. The molecule has 0 atom stereocenters. The Hall–Kier alpha value is -1.63. The van der Waals surface area contributed by atoms with E-state index >= 15 is 0 Å². The lowest BCUT2D eigenvalue weighted by molar-refractivity contribution is -0.00849. The zero-order chi connectivity index (χ0) is 11.6. The van der Waals surface area contributed by atoms with Crippen LogP contribution in [0.4, 0.5) is 14.5 Å². The van der Waals surface area contributed by atoms with Crippen LogP contribution in [0.1, 0.15) is 30.0 Å². The molecule has 0 fully saturated rings. The van der Waals surface area contributed by atoms with Crippen molar-refractivity contribution < 1.29 is 8.78 Å². The Kier molecular flexibility index (Phi) is 2.94. The van der Waals surface area contributed by atoms with Crippen molar-refractivity contribution in [2.24, 2.45) is 0 Å². The molecular weight excluding hydrogens is 198 g/mol. The summed E-state index contributed by atoms with van der Waals surface area (Å²) < 4.78 is 26.9. The Morgan fingerprint density at radius 2 is 2.07 bits per heavy atom. The van der Waals surface area contributed by atoms with Crippen LogP contribution >= 0.6 is 0 Å². The number of alkyl halides is 2. The number of hydrogen-bond acceptors (Lipinski definition) is 2. The maximum absolute atomic E-state index is 13.4. The second-order valence-corrected chi connectivity index (χ2v) is 3.42. The van der Waals surface area contributed by atoms with Crippen molar-refractivity contribution in [1.29, 1.82) is 5.26 Å². The van der Waals surface area contributed by atoms with E-state index in [9.17, 15) is 8.78 Å². The highest BCUT2D eigenvalue weighted by Gasteiger charge is 2.32. The number of halogens is 2. The SMILES string of the molecule is CCC(F)(F)c1cc(N)c(C)cc1C#N. The van der Waals surface area contributed by atoms with Crippen molar-refractivity contribution in [1.82, 2.24) is 0 Å². The normalized spacial score (nSPS) is 11.1. The van der Waals surface area contributed by atoms with Crippen molar-refractivity contribution in [2.45, 2.75) is 26.2 Å². The van der Waals surface area contributed by atoms with Crippen molar-refractivity contribution in [3.8, 4) is 6.07 Å². The molecule has 2 nitrogen and oxygen atoms in total. The first-order valence-electron chi connectivity index (χ1n) is 4.61. The van der Waals surface area contributed by atoms with Gasteiger partial charge in [-0.05, 0) is 24.6 Å². The van der Waals surface area contributed by atoms with Gasteiger partial charge in [0.25, 0.3) is 5.92 Å². The summed E-state index contributed by atoms with van der Waals surface area (Å²) in [5.74, 6) is -2.99. The highest BCUT2D eigenvalue weighted by molar-refractivity contribution is 5.56. The standard InChI is InChI=1S/C11H12F2N2/c1-3-11(12,13)9-5-10(15)7(2)4-8(9)6-14/h4-5H,3,15H2,1-2H3. The fraction of sp³-hybridized carbons (Fsp3) is 0.364. The smallest absolute Gasteiger partial charge is 0.274 e. The van der Waals surface area contributed by atoms with E-state index in [0.717, 1.165) is 0 Å². The molecule has 0 saturated heterocycles. The van der Waals surface area contributed by atoms with Gasteiger partial charge >= 0.3 is 0 Å². The summed E-state index contributed by atoms with van der Waals surface area (Å²) >= 11 is 0. The van der Waals surface area contributed by atoms with Crippen LogP contribution < -0.4 is 5.73 Å². The fourth-order valence-electron chi connectivity index (χ4n) is 1.31. The van der Waals surface area contributed by atoms with Crippen LogP contribution in [0.2, 0.25) is 0 Å². The molecule has 4 heteroatoms. The van der Waals surface area contributed by atoms with Gasteiger partial charge in [-0.1, -0.05) is 6.92 Å². The van der Waals surface area contributed by atoms with Gasteiger partial charge in [-0.3, -0.25) is 0 Å². The largest absolute Gasteiger partial charge is 0.399 e. The van der Waals surface area contributed by atoms with Gasteiger partial charge in [0.15, 0.2) is 0 Å². The fourth-order valence-corrected chi connectivity index (χ4v) is 1.31. The summed E-state index contributed by atoms with van der Waals surface area (Å²) in [6.45, 7) is 3.06. The van der Waals surface area contributed by atoms with Crippen molar-refractivity contribution >= 4 is 5.69 Å². The molecule has 1 aromatic rings. The number of anilines is 1. The highest BCUT2D eigenvalue weighted by Crippen LogP contribution is 2.35. The molecule has 2 N–H and O–H groups in total. The number of rotatable bonds is 2. The van der Waals surface area contributed by atoms with Crippen LogP contribution in [0.25, 0.3) is 0 Å². The van der Waals surface area contributed by atoms with E-state index in [2.05, 4.69) is 0 Å². The number of benzene rings is 1. The molecule has 0 heterocycles. The average molecular weight is 210 g/mol. The summed E-state index contributed by atoms with van der Waals surface area (Å²) in [4.78, 5) is 0. The number of nitrogens with zero attached hydrogens (tertiary/aromatic N) is 1. The van der Waals surface area contributed by atoms with E-state index in [4.69, 9.17) is 11.0 Å². The molecule has 0 amide bonds. The van der Waals surface area contributed by atoms with Crippen LogP contribution in [0, 0.1) is 18.3 Å². The highest BCUT2D eigenvalue weighted by atomic mass is 19.3. The van der Waals surface area contributed by atoms with Crippen molar-refractivity contribution in [3.05, 3.63) is 28.8 Å². The van der Waals surface area contributed by atoms with E-state index in [1.165, 1.54) is 19.1 Å². The monoisotopic (exact) mass is 210 g/mol. The van der Waals surface area contributed by atoms with E-state index in [0.29, 0.717) is 5.56 Å². The van der Waals surface area contributed by atoms with E-state index in [1.807, 2.05) is 0 Å². The Bertz CT molecular complexity index is 419. The Morgan fingerprint density at radius 3 is 2.53 bits per heavy atom. The van der Waals surface area contributed by atoms with Crippen molar-refractivity contribution in [3.63, 3.8) is 0 Å². The number of aryl methyl sites for hydroxylation is 1. The number of nitriles is 1. The van der Waals surface area contributed by atoms with Gasteiger partial charge in [-0.2, -0.15) is 5.26 Å². The second kappa shape index (κ2) is 3.85. The quantitative estimate of drug-likeness (QED) is 0.763. The Morgan fingerprint density at radius 1 is 1.47 bits per heavy atom. The molecule has 1 rings (SSSR count). The molecule has 1 aromatic carbocycles. The molecule has 0 aromatic heterocycles. The van der Waals surface area contributed by atoms with Crippen LogP contribution in [0.5, 0.6) is 0 Å². The number of nitrogens with two attached hydrogens (primary N) is 1. The summed E-state index contributed by atoms with van der Waals surface area (Å²) in [6, 6.07) is 4.36. The molecule has 15 heavy (non-hydrogen) atoms. The predicted molar refractivity (Wildman–Crippen MR) is 54.5 cm³/mol. The van der Waals surface area contributed by atoms with Crippen molar-refractivity contribution in [2.75, 3.05) is 5.73 Å². The molecule has 0 unspecified atom stereocenters. The molecule has 0 saturated carbocycles. The number of nitrogen functional groups attached to an aromatic ring is 1. The van der Waals surface area contributed by atoms with Crippen LogP contribution in [-0.4, -0.2) is 0 Å². The van der Waals surface area contributed by atoms with E-state index in [-0.39, 0.29) is 23.2 Å². The minimum Gasteiger partial charge on any atom is -0.399 e. The zero-order valence-corrected chi connectivity index (χ0v) is 8.64. The Labute approximate surface area is 87.3 Å². The minimum atomic E-state index is -2.99. The predicted octanol–water partition coefficient (Wildman–Crippen LogP) is 2.95. The third-order valence-electron chi connectivity index (χ3n) is 2.36. The second-order valence-electron chi connectivity index (χ2n) is 3.42. The molecule has 0 aliphatic carbocycles. The maximum atomic E-state index is 13.4. The first-order valence-corrected chi connectivity index (χ1v) is 4.61. The van der Waals surface area contributed by atoms with Gasteiger partial charge in [0.1, 0.15) is 0 Å². The van der Waals surface area contributed by atoms with Gasteiger partial charge in [0.05, 0.1) is 11.6 Å².